The molecule has 1 rings (SSSR count). The van der Waals surface area contributed by atoms with E-state index in [4.69, 9.17) is 0 Å². The lowest BCUT2D eigenvalue weighted by Crippen LogP contribution is -2.16. The molecule has 0 N–H and O–H groups in total. The molecule has 0 nitrogen and oxygen atoms in total. The van der Waals surface area contributed by atoms with Crippen LogP contribution in [0.25, 0.3) is 0 Å². The monoisotopic (exact) mass is 140 g/mol. The molecule has 10 heavy (non-hydrogen) atoms. The Balaban J connectivity index is 2.26. The predicted molar refractivity (Wildman–Crippen MR) is 46.0 cm³/mol. The summed E-state index contributed by atoms with van der Waals surface area (Å²) in [6.45, 7) is 7.11. The van der Waals surface area contributed by atoms with E-state index in [0.29, 0.717) is 0 Å². The van der Waals surface area contributed by atoms with E-state index in [9.17, 15) is 0 Å². The summed E-state index contributed by atoms with van der Waals surface area (Å²) in [7, 11) is 0. The summed E-state index contributed by atoms with van der Waals surface area (Å²) in [4.78, 5) is 0. The van der Waals surface area contributed by atoms with Gasteiger partial charge in [0, 0.05) is 0 Å². The highest BCUT2D eigenvalue weighted by atomic mass is 14.3. The first-order chi connectivity index (χ1) is 4.70. The van der Waals surface area contributed by atoms with Gasteiger partial charge in [0.1, 0.15) is 0 Å². The minimum Gasteiger partial charge on any atom is -0.0625 e. The van der Waals surface area contributed by atoms with E-state index in [1.807, 2.05) is 0 Å². The molecule has 0 spiro atoms. The first kappa shape index (κ1) is 8.10. The van der Waals surface area contributed by atoms with Crippen molar-refractivity contribution in [2.75, 3.05) is 0 Å². The van der Waals surface area contributed by atoms with Crippen LogP contribution in [0.5, 0.6) is 0 Å². The first-order valence-corrected chi connectivity index (χ1v) is 4.70. The molecule has 1 aliphatic rings. The van der Waals surface area contributed by atoms with E-state index in [1.54, 1.807) is 0 Å². The van der Waals surface area contributed by atoms with Gasteiger partial charge in [0.15, 0.2) is 0 Å². The average molecular weight is 140 g/mol. The summed E-state index contributed by atoms with van der Waals surface area (Å²) in [5.74, 6) is 2.97. The summed E-state index contributed by atoms with van der Waals surface area (Å²) in [6.07, 6.45) is 5.92. The van der Waals surface area contributed by atoms with Crippen molar-refractivity contribution in [3.8, 4) is 0 Å². The van der Waals surface area contributed by atoms with Crippen LogP contribution in [0, 0.1) is 17.8 Å². The standard InChI is InChI=1S/C10H20/c1-8(2)10-6-4-9(3)5-7-10/h8-10H,4-7H2,1-3H3/t9-,10+. The van der Waals surface area contributed by atoms with Gasteiger partial charge < -0.3 is 0 Å². The minimum atomic E-state index is 0.924. The summed E-state index contributed by atoms with van der Waals surface area (Å²) in [5.41, 5.74) is 0. The zero-order chi connectivity index (χ0) is 7.56. The van der Waals surface area contributed by atoms with Crippen LogP contribution in [-0.2, 0) is 0 Å². The zero-order valence-electron chi connectivity index (χ0n) is 7.56. The van der Waals surface area contributed by atoms with Gasteiger partial charge >= 0.3 is 0 Å². The van der Waals surface area contributed by atoms with Crippen molar-refractivity contribution in [3.63, 3.8) is 0 Å². The van der Waals surface area contributed by atoms with Crippen molar-refractivity contribution in [1.29, 1.82) is 0 Å². The van der Waals surface area contributed by atoms with Gasteiger partial charge in [0.25, 0.3) is 0 Å². The molecule has 1 aliphatic carbocycles. The van der Waals surface area contributed by atoms with E-state index < -0.39 is 0 Å². The largest absolute Gasteiger partial charge is 0.0625 e. The molecule has 0 atom stereocenters. The SMILES string of the molecule is CC(C)[C@H]1CC[C@@H](C)CC1. The Bertz CT molecular complexity index is 86.2. The highest BCUT2D eigenvalue weighted by molar-refractivity contribution is 4.71. The third-order valence-electron chi connectivity index (χ3n) is 3.00. The van der Waals surface area contributed by atoms with E-state index in [1.165, 1.54) is 25.7 Å². The van der Waals surface area contributed by atoms with Gasteiger partial charge in [0.2, 0.25) is 0 Å². The number of hydrogen-bond acceptors (Lipinski definition) is 0. The lowest BCUT2D eigenvalue weighted by molar-refractivity contribution is 0.234. The van der Waals surface area contributed by atoms with E-state index in [0.717, 1.165) is 17.8 Å². The molecule has 0 radical (unpaired) electrons. The molecule has 1 fully saturated rings. The van der Waals surface area contributed by atoms with Gasteiger partial charge in [-0.1, -0.05) is 33.6 Å². The highest BCUT2D eigenvalue weighted by Crippen LogP contribution is 2.32. The van der Waals surface area contributed by atoms with Crippen LogP contribution >= 0.6 is 0 Å². The molecular weight excluding hydrogens is 120 g/mol. The fraction of sp³-hybridized carbons (Fsp3) is 1.00. The second-order valence-corrected chi connectivity index (χ2v) is 4.26. The summed E-state index contributed by atoms with van der Waals surface area (Å²) < 4.78 is 0. The molecule has 0 aromatic heterocycles. The Morgan fingerprint density at radius 1 is 1.00 bits per heavy atom. The molecule has 0 unspecified atom stereocenters. The smallest absolute Gasteiger partial charge is 0.0391 e. The van der Waals surface area contributed by atoms with Gasteiger partial charge in [-0.15, -0.1) is 0 Å². The van der Waals surface area contributed by atoms with Crippen LogP contribution in [0.3, 0.4) is 0 Å². The third-order valence-corrected chi connectivity index (χ3v) is 3.00. The molecule has 60 valence electrons. The normalized spacial score (nSPS) is 34.8. The molecule has 0 aromatic rings. The third kappa shape index (κ3) is 2.00. The summed E-state index contributed by atoms with van der Waals surface area (Å²) in [5, 5.41) is 0. The van der Waals surface area contributed by atoms with Crippen LogP contribution in [0.15, 0.2) is 0 Å². The van der Waals surface area contributed by atoms with E-state index in [-0.39, 0.29) is 0 Å². The molecule has 0 bridgehead atoms. The van der Waals surface area contributed by atoms with E-state index in [2.05, 4.69) is 20.8 Å². The maximum absolute atomic E-state index is 2.39. The van der Waals surface area contributed by atoms with Gasteiger partial charge in [-0.2, -0.15) is 0 Å². The van der Waals surface area contributed by atoms with Crippen LogP contribution in [0.4, 0.5) is 0 Å². The van der Waals surface area contributed by atoms with Gasteiger partial charge in [-0.05, 0) is 30.6 Å². The molecular formula is C10H20. The Morgan fingerprint density at radius 2 is 1.50 bits per heavy atom. The minimum absolute atomic E-state index is 0.924. The second kappa shape index (κ2) is 3.41. The van der Waals surface area contributed by atoms with Crippen molar-refractivity contribution in [2.45, 2.75) is 46.5 Å². The van der Waals surface area contributed by atoms with Gasteiger partial charge in [0.05, 0.1) is 0 Å². The second-order valence-electron chi connectivity index (χ2n) is 4.26. The topological polar surface area (TPSA) is 0 Å². The molecule has 0 aromatic carbocycles. The first-order valence-electron chi connectivity index (χ1n) is 4.70. The van der Waals surface area contributed by atoms with Crippen molar-refractivity contribution in [2.24, 2.45) is 17.8 Å². The Morgan fingerprint density at radius 3 is 1.90 bits per heavy atom. The maximum Gasteiger partial charge on any atom is -0.0391 e. The van der Waals surface area contributed by atoms with Gasteiger partial charge in [-0.25, -0.2) is 0 Å². The van der Waals surface area contributed by atoms with Crippen molar-refractivity contribution >= 4 is 0 Å². The lowest BCUT2D eigenvalue weighted by atomic mass is 9.78. The summed E-state index contributed by atoms with van der Waals surface area (Å²) in [6, 6.07) is 0. The maximum atomic E-state index is 2.39. The molecule has 0 aliphatic heterocycles. The zero-order valence-corrected chi connectivity index (χ0v) is 7.56. The Labute approximate surface area is 65.0 Å². The quantitative estimate of drug-likeness (QED) is 0.523. The fourth-order valence-corrected chi connectivity index (χ4v) is 1.95. The summed E-state index contributed by atoms with van der Waals surface area (Å²) >= 11 is 0. The van der Waals surface area contributed by atoms with Crippen molar-refractivity contribution < 1.29 is 0 Å². The Hall–Kier alpha value is 0. The molecule has 0 amide bonds. The van der Waals surface area contributed by atoms with Crippen LogP contribution in [-0.4, -0.2) is 0 Å². The fourth-order valence-electron chi connectivity index (χ4n) is 1.95. The predicted octanol–water partition coefficient (Wildman–Crippen LogP) is 3.47. The van der Waals surface area contributed by atoms with Crippen LogP contribution < -0.4 is 0 Å². The van der Waals surface area contributed by atoms with Crippen molar-refractivity contribution in [3.05, 3.63) is 0 Å². The lowest BCUT2D eigenvalue weighted by Gasteiger charge is -2.28. The molecule has 0 heteroatoms. The van der Waals surface area contributed by atoms with Crippen LogP contribution in [0.1, 0.15) is 46.5 Å². The number of rotatable bonds is 1. The Kier molecular flexibility index (Phi) is 2.76. The highest BCUT2D eigenvalue weighted by Gasteiger charge is 2.19. The van der Waals surface area contributed by atoms with Gasteiger partial charge in [-0.3, -0.25) is 0 Å². The number of hydrogen-bond donors (Lipinski definition) is 0. The van der Waals surface area contributed by atoms with Crippen LogP contribution in [0.2, 0.25) is 0 Å². The molecule has 0 heterocycles. The van der Waals surface area contributed by atoms with E-state index >= 15 is 0 Å². The molecule has 1 saturated carbocycles. The molecule has 0 saturated heterocycles. The van der Waals surface area contributed by atoms with Crippen molar-refractivity contribution in [1.82, 2.24) is 0 Å². The average Bonchev–Trinajstić information content (AvgIpc) is 1.88.